The highest BCUT2D eigenvalue weighted by atomic mass is 16.5. The Labute approximate surface area is 149 Å². The number of rotatable bonds is 5. The second-order valence-electron chi connectivity index (χ2n) is 5.86. The average Bonchev–Trinajstić information content (AvgIpc) is 3.29. The van der Waals surface area contributed by atoms with Gasteiger partial charge in [0.1, 0.15) is 17.2 Å². The van der Waals surface area contributed by atoms with Gasteiger partial charge < -0.3 is 19.2 Å². The predicted molar refractivity (Wildman–Crippen MR) is 96.6 cm³/mol. The Morgan fingerprint density at radius 3 is 2.85 bits per heavy atom. The predicted octanol–water partition coefficient (Wildman–Crippen LogP) is 4.12. The largest absolute Gasteiger partial charge is 0.497 e. The molecule has 4 rings (SSSR count). The zero-order valence-electron chi connectivity index (χ0n) is 14.0. The Morgan fingerprint density at radius 1 is 1.23 bits per heavy atom. The number of hydrogen-bond acceptors (Lipinski definition) is 4. The van der Waals surface area contributed by atoms with Crippen molar-refractivity contribution in [3.05, 3.63) is 71.7 Å². The van der Waals surface area contributed by atoms with E-state index in [2.05, 4.69) is 9.97 Å². The van der Waals surface area contributed by atoms with Crippen LogP contribution >= 0.6 is 0 Å². The lowest BCUT2D eigenvalue weighted by molar-refractivity contribution is 0.0690. The third-order valence-corrected chi connectivity index (χ3v) is 4.26. The highest BCUT2D eigenvalue weighted by Gasteiger charge is 2.17. The van der Waals surface area contributed by atoms with E-state index in [1.807, 2.05) is 36.4 Å². The lowest BCUT2D eigenvalue weighted by Crippen LogP contribution is -2.03. The molecule has 130 valence electrons. The van der Waals surface area contributed by atoms with Crippen LogP contribution in [0.3, 0.4) is 0 Å². The van der Waals surface area contributed by atoms with Gasteiger partial charge in [-0.3, -0.25) is 0 Å². The number of carboxylic acids is 1. The Morgan fingerprint density at radius 2 is 2.12 bits per heavy atom. The number of hydrogen-bond donors (Lipinski definition) is 2. The fourth-order valence-corrected chi connectivity index (χ4v) is 3.05. The minimum atomic E-state index is -1.04. The summed E-state index contributed by atoms with van der Waals surface area (Å²) < 4.78 is 10.9. The van der Waals surface area contributed by atoms with Gasteiger partial charge in [0.25, 0.3) is 0 Å². The van der Waals surface area contributed by atoms with Crippen molar-refractivity contribution in [1.82, 2.24) is 9.97 Å². The first kappa shape index (κ1) is 16.0. The number of carbonyl (C=O) groups is 1. The number of benzene rings is 1. The number of furan rings is 1. The minimum Gasteiger partial charge on any atom is -0.497 e. The molecule has 0 unspecified atom stereocenters. The lowest BCUT2D eigenvalue weighted by atomic mass is 10.0. The highest BCUT2D eigenvalue weighted by Crippen LogP contribution is 2.33. The number of aromatic carboxylic acids is 1. The molecule has 26 heavy (non-hydrogen) atoms. The molecule has 6 heteroatoms. The summed E-state index contributed by atoms with van der Waals surface area (Å²) in [5.74, 6) is 0.425. The molecule has 0 fully saturated rings. The summed E-state index contributed by atoms with van der Waals surface area (Å²) >= 11 is 0. The van der Waals surface area contributed by atoms with Crippen molar-refractivity contribution >= 4 is 16.9 Å². The second-order valence-corrected chi connectivity index (χ2v) is 5.86. The topological polar surface area (TPSA) is 88.3 Å². The Hall–Kier alpha value is -3.54. The van der Waals surface area contributed by atoms with Crippen molar-refractivity contribution in [3.63, 3.8) is 0 Å². The van der Waals surface area contributed by atoms with E-state index in [-0.39, 0.29) is 5.69 Å². The maximum atomic E-state index is 11.2. The summed E-state index contributed by atoms with van der Waals surface area (Å²) in [5.41, 5.74) is 3.46. The average molecular weight is 348 g/mol. The number of H-pyrrole nitrogens is 1. The lowest BCUT2D eigenvalue weighted by Gasteiger charge is -2.05. The third kappa shape index (κ3) is 2.82. The molecule has 0 radical (unpaired) electrons. The van der Waals surface area contributed by atoms with Gasteiger partial charge in [-0.15, -0.1) is 0 Å². The van der Waals surface area contributed by atoms with Gasteiger partial charge in [-0.05, 0) is 42.0 Å². The molecule has 0 spiro atoms. The first-order valence-corrected chi connectivity index (χ1v) is 8.07. The maximum Gasteiger partial charge on any atom is 0.354 e. The number of methoxy groups -OCH3 is 1. The number of ether oxygens (including phenoxy) is 1. The number of pyridine rings is 1. The molecule has 0 saturated carbocycles. The molecule has 3 heterocycles. The number of nitrogens with zero attached hydrogens (tertiary/aromatic N) is 1. The van der Waals surface area contributed by atoms with Crippen LogP contribution in [0.2, 0.25) is 0 Å². The Balaban J connectivity index is 1.86. The fourth-order valence-electron chi connectivity index (χ4n) is 3.05. The molecule has 0 aliphatic carbocycles. The van der Waals surface area contributed by atoms with E-state index in [0.29, 0.717) is 17.9 Å². The van der Waals surface area contributed by atoms with Crippen molar-refractivity contribution < 1.29 is 19.1 Å². The molecule has 0 bridgehead atoms. The van der Waals surface area contributed by atoms with E-state index < -0.39 is 5.97 Å². The summed E-state index contributed by atoms with van der Waals surface area (Å²) in [6.07, 6.45) is 2.10. The van der Waals surface area contributed by atoms with Crippen molar-refractivity contribution in [2.45, 2.75) is 6.42 Å². The normalized spacial score (nSPS) is 11.0. The van der Waals surface area contributed by atoms with E-state index in [1.165, 1.54) is 6.07 Å². The first-order chi connectivity index (χ1) is 12.7. The van der Waals surface area contributed by atoms with Crippen molar-refractivity contribution in [2.24, 2.45) is 0 Å². The van der Waals surface area contributed by atoms with Crippen LogP contribution in [0.25, 0.3) is 22.4 Å². The van der Waals surface area contributed by atoms with Crippen LogP contribution in [0, 0.1) is 0 Å². The van der Waals surface area contributed by atoms with Crippen LogP contribution in [-0.4, -0.2) is 28.2 Å². The molecule has 0 amide bonds. The first-order valence-electron chi connectivity index (χ1n) is 8.07. The standard InChI is InChI=1S/C20H16N2O4/c1-25-13-7-8-14-15(10-12-4-2-5-16(21-12)20(23)24)19(22-17(14)11-13)18-6-3-9-26-18/h2-9,11,22H,10H2,1H3,(H,23,24). The third-order valence-electron chi connectivity index (χ3n) is 4.26. The van der Waals surface area contributed by atoms with E-state index in [4.69, 9.17) is 9.15 Å². The molecule has 3 aromatic heterocycles. The van der Waals surface area contributed by atoms with E-state index >= 15 is 0 Å². The van der Waals surface area contributed by atoms with Crippen LogP contribution in [0.4, 0.5) is 0 Å². The summed E-state index contributed by atoms with van der Waals surface area (Å²) in [6.45, 7) is 0. The highest BCUT2D eigenvalue weighted by molar-refractivity contribution is 5.91. The monoisotopic (exact) mass is 348 g/mol. The van der Waals surface area contributed by atoms with Gasteiger partial charge in [-0.25, -0.2) is 9.78 Å². The Kier molecular flexibility index (Phi) is 3.93. The van der Waals surface area contributed by atoms with Crippen LogP contribution < -0.4 is 4.74 Å². The molecule has 0 saturated heterocycles. The van der Waals surface area contributed by atoms with Crippen molar-refractivity contribution in [2.75, 3.05) is 7.11 Å². The van der Waals surface area contributed by atoms with Crippen LogP contribution in [0.15, 0.2) is 59.2 Å². The number of nitrogens with one attached hydrogen (secondary N) is 1. The fraction of sp³-hybridized carbons (Fsp3) is 0.100. The van der Waals surface area contributed by atoms with Gasteiger partial charge in [0.2, 0.25) is 0 Å². The molecule has 6 nitrogen and oxygen atoms in total. The second kappa shape index (κ2) is 6.40. The van der Waals surface area contributed by atoms with Crippen LogP contribution in [0.5, 0.6) is 5.75 Å². The van der Waals surface area contributed by atoms with Gasteiger partial charge >= 0.3 is 5.97 Å². The minimum absolute atomic E-state index is 0.0311. The summed E-state index contributed by atoms with van der Waals surface area (Å²) in [6, 6.07) is 14.5. The number of aromatic amines is 1. The zero-order valence-corrected chi connectivity index (χ0v) is 14.0. The maximum absolute atomic E-state index is 11.2. The molecule has 1 aromatic carbocycles. The SMILES string of the molecule is COc1ccc2c(Cc3cccc(C(=O)O)n3)c(-c3ccco3)[nH]c2c1. The number of aromatic nitrogens is 2. The Bertz CT molecular complexity index is 1080. The van der Waals surface area contributed by atoms with E-state index in [0.717, 1.165) is 27.9 Å². The summed E-state index contributed by atoms with van der Waals surface area (Å²) in [4.78, 5) is 18.8. The van der Waals surface area contributed by atoms with Gasteiger partial charge in [0, 0.05) is 29.1 Å². The molecule has 0 atom stereocenters. The van der Waals surface area contributed by atoms with Gasteiger partial charge in [0.15, 0.2) is 0 Å². The van der Waals surface area contributed by atoms with Gasteiger partial charge in [-0.2, -0.15) is 0 Å². The molecular weight excluding hydrogens is 332 g/mol. The van der Waals surface area contributed by atoms with Gasteiger partial charge in [0.05, 0.1) is 19.1 Å². The summed E-state index contributed by atoms with van der Waals surface area (Å²) in [5, 5.41) is 10.2. The van der Waals surface area contributed by atoms with E-state index in [9.17, 15) is 9.90 Å². The van der Waals surface area contributed by atoms with Crippen LogP contribution in [0.1, 0.15) is 21.7 Å². The number of fused-ring (bicyclic) bond motifs is 1. The smallest absolute Gasteiger partial charge is 0.354 e. The summed E-state index contributed by atoms with van der Waals surface area (Å²) in [7, 11) is 1.62. The molecule has 0 aliphatic heterocycles. The van der Waals surface area contributed by atoms with Crippen molar-refractivity contribution in [1.29, 1.82) is 0 Å². The quantitative estimate of drug-likeness (QED) is 0.566. The van der Waals surface area contributed by atoms with Crippen molar-refractivity contribution in [3.8, 4) is 17.2 Å². The van der Waals surface area contributed by atoms with Gasteiger partial charge in [-0.1, -0.05) is 6.07 Å². The zero-order chi connectivity index (χ0) is 18.1. The molecule has 2 N–H and O–H groups in total. The van der Waals surface area contributed by atoms with E-state index in [1.54, 1.807) is 19.4 Å². The van der Waals surface area contributed by atoms with Crippen LogP contribution in [-0.2, 0) is 6.42 Å². The number of carboxylic acid groups (broad SMARTS) is 1. The molecule has 0 aliphatic rings. The molecular formula is C20H16N2O4. The molecule has 4 aromatic rings.